The van der Waals surface area contributed by atoms with Crippen molar-refractivity contribution in [1.82, 2.24) is 4.72 Å². The van der Waals surface area contributed by atoms with Crippen molar-refractivity contribution in [3.63, 3.8) is 0 Å². The van der Waals surface area contributed by atoms with Gasteiger partial charge in [-0.1, -0.05) is 42.5 Å². The molecule has 2 N–H and O–H groups in total. The molecule has 0 heterocycles. The Morgan fingerprint density at radius 3 is 2.32 bits per heavy atom. The molecule has 0 bridgehead atoms. The molecule has 0 spiro atoms. The fraction of sp³-hybridized carbons (Fsp3) is 0.250. The molecular formula is C16H18FNO3S. The van der Waals surface area contributed by atoms with Crippen LogP contribution in [0.5, 0.6) is 0 Å². The number of aliphatic hydroxyl groups is 1. The molecule has 2 rings (SSSR count). The summed E-state index contributed by atoms with van der Waals surface area (Å²) in [5.41, 5.74) is 1.40. The van der Waals surface area contributed by atoms with Crippen molar-refractivity contribution in [2.45, 2.75) is 12.5 Å². The third-order valence-corrected chi connectivity index (χ3v) is 4.60. The SMILES string of the molecule is O=S(=O)(CCc1ccccc1)NCC(O)c1ccc(F)cc1. The summed E-state index contributed by atoms with van der Waals surface area (Å²) in [5.74, 6) is -0.452. The van der Waals surface area contributed by atoms with E-state index in [1.165, 1.54) is 24.3 Å². The zero-order valence-corrected chi connectivity index (χ0v) is 12.8. The second kappa shape index (κ2) is 7.49. The number of nitrogens with one attached hydrogen (secondary N) is 1. The van der Waals surface area contributed by atoms with Gasteiger partial charge in [-0.2, -0.15) is 0 Å². The highest BCUT2D eigenvalue weighted by molar-refractivity contribution is 7.89. The van der Waals surface area contributed by atoms with Crippen LogP contribution in [0.4, 0.5) is 4.39 Å². The molecule has 6 heteroatoms. The Bertz CT molecular complexity index is 687. The summed E-state index contributed by atoms with van der Waals surface area (Å²) in [4.78, 5) is 0. The number of sulfonamides is 1. The van der Waals surface area contributed by atoms with Crippen molar-refractivity contribution in [2.24, 2.45) is 0 Å². The van der Waals surface area contributed by atoms with Crippen LogP contribution in [0.25, 0.3) is 0 Å². The standard InChI is InChI=1S/C16H18FNO3S/c17-15-8-6-14(7-9-15)16(19)12-18-22(20,21)11-10-13-4-2-1-3-5-13/h1-9,16,18-19H,10-12H2. The molecule has 2 aromatic carbocycles. The quantitative estimate of drug-likeness (QED) is 0.819. The normalized spacial score (nSPS) is 13.0. The average molecular weight is 323 g/mol. The van der Waals surface area contributed by atoms with Crippen LogP contribution in [-0.4, -0.2) is 25.8 Å². The van der Waals surface area contributed by atoms with Crippen molar-refractivity contribution in [1.29, 1.82) is 0 Å². The minimum atomic E-state index is -3.48. The van der Waals surface area contributed by atoms with Gasteiger partial charge in [0.25, 0.3) is 0 Å². The van der Waals surface area contributed by atoms with E-state index >= 15 is 0 Å². The van der Waals surface area contributed by atoms with Gasteiger partial charge in [0.2, 0.25) is 10.0 Å². The van der Waals surface area contributed by atoms with Crippen LogP contribution in [0.2, 0.25) is 0 Å². The first-order chi connectivity index (χ1) is 10.5. The zero-order chi connectivity index (χ0) is 16.0. The number of aryl methyl sites for hydroxylation is 1. The monoisotopic (exact) mass is 323 g/mol. The molecule has 0 aliphatic heterocycles. The predicted octanol–water partition coefficient (Wildman–Crippen LogP) is 2.02. The molecule has 118 valence electrons. The largest absolute Gasteiger partial charge is 0.387 e. The fourth-order valence-corrected chi connectivity index (χ4v) is 3.04. The summed E-state index contributed by atoms with van der Waals surface area (Å²) in [6.45, 7) is -0.136. The summed E-state index contributed by atoms with van der Waals surface area (Å²) in [6.07, 6.45) is -0.602. The van der Waals surface area contributed by atoms with Gasteiger partial charge in [0.1, 0.15) is 5.82 Å². The molecule has 0 saturated carbocycles. The van der Waals surface area contributed by atoms with Crippen molar-refractivity contribution in [3.8, 4) is 0 Å². The molecule has 0 aromatic heterocycles. The molecule has 22 heavy (non-hydrogen) atoms. The average Bonchev–Trinajstić information content (AvgIpc) is 2.53. The van der Waals surface area contributed by atoms with E-state index in [0.29, 0.717) is 12.0 Å². The van der Waals surface area contributed by atoms with Gasteiger partial charge < -0.3 is 5.11 Å². The van der Waals surface area contributed by atoms with Crippen LogP contribution in [0.3, 0.4) is 0 Å². The minimum Gasteiger partial charge on any atom is -0.387 e. The summed E-state index contributed by atoms with van der Waals surface area (Å²) >= 11 is 0. The number of hydrogen-bond donors (Lipinski definition) is 2. The third-order valence-electron chi connectivity index (χ3n) is 3.25. The number of halogens is 1. The number of hydrogen-bond acceptors (Lipinski definition) is 3. The summed E-state index contributed by atoms with van der Waals surface area (Å²) in [5, 5.41) is 9.91. The Morgan fingerprint density at radius 2 is 1.68 bits per heavy atom. The molecule has 1 atom stereocenters. The molecule has 0 radical (unpaired) electrons. The van der Waals surface area contributed by atoms with E-state index in [0.717, 1.165) is 5.56 Å². The number of rotatable bonds is 7. The highest BCUT2D eigenvalue weighted by atomic mass is 32.2. The first kappa shape index (κ1) is 16.6. The lowest BCUT2D eigenvalue weighted by molar-refractivity contribution is 0.182. The Balaban J connectivity index is 1.85. The molecule has 4 nitrogen and oxygen atoms in total. The first-order valence-corrected chi connectivity index (χ1v) is 8.56. The molecule has 0 fully saturated rings. The van der Waals surface area contributed by atoms with E-state index in [2.05, 4.69) is 4.72 Å². The van der Waals surface area contributed by atoms with Gasteiger partial charge >= 0.3 is 0 Å². The highest BCUT2D eigenvalue weighted by Gasteiger charge is 2.14. The smallest absolute Gasteiger partial charge is 0.212 e. The van der Waals surface area contributed by atoms with Crippen LogP contribution >= 0.6 is 0 Å². The van der Waals surface area contributed by atoms with Gasteiger partial charge in [-0.3, -0.25) is 0 Å². The van der Waals surface area contributed by atoms with Crippen LogP contribution in [0.1, 0.15) is 17.2 Å². The van der Waals surface area contributed by atoms with E-state index in [9.17, 15) is 17.9 Å². The second-order valence-corrected chi connectivity index (χ2v) is 6.90. The maximum Gasteiger partial charge on any atom is 0.212 e. The number of aliphatic hydroxyl groups excluding tert-OH is 1. The van der Waals surface area contributed by atoms with Gasteiger partial charge in [0.15, 0.2) is 0 Å². The zero-order valence-electron chi connectivity index (χ0n) is 11.9. The Labute approximate surface area is 129 Å². The van der Waals surface area contributed by atoms with E-state index in [-0.39, 0.29) is 12.3 Å². The van der Waals surface area contributed by atoms with Gasteiger partial charge in [-0.05, 0) is 29.7 Å². The van der Waals surface area contributed by atoms with Crippen molar-refractivity contribution in [2.75, 3.05) is 12.3 Å². The van der Waals surface area contributed by atoms with Gasteiger partial charge in [-0.15, -0.1) is 0 Å². The summed E-state index contributed by atoms with van der Waals surface area (Å²) in [7, 11) is -3.48. The van der Waals surface area contributed by atoms with E-state index in [1.54, 1.807) is 0 Å². The lowest BCUT2D eigenvalue weighted by Gasteiger charge is -2.12. The van der Waals surface area contributed by atoms with Crippen LogP contribution < -0.4 is 4.72 Å². The lowest BCUT2D eigenvalue weighted by Crippen LogP contribution is -2.31. The predicted molar refractivity (Wildman–Crippen MR) is 83.3 cm³/mol. The van der Waals surface area contributed by atoms with Gasteiger partial charge in [-0.25, -0.2) is 17.5 Å². The topological polar surface area (TPSA) is 66.4 Å². The fourth-order valence-electron chi connectivity index (χ4n) is 1.98. The van der Waals surface area contributed by atoms with E-state index in [4.69, 9.17) is 0 Å². The maximum absolute atomic E-state index is 12.8. The molecule has 2 aromatic rings. The van der Waals surface area contributed by atoms with E-state index in [1.807, 2.05) is 30.3 Å². The van der Waals surface area contributed by atoms with Crippen molar-refractivity contribution < 1.29 is 17.9 Å². The van der Waals surface area contributed by atoms with E-state index < -0.39 is 21.9 Å². The second-order valence-electron chi connectivity index (χ2n) is 4.97. The molecule has 0 aliphatic carbocycles. The highest BCUT2D eigenvalue weighted by Crippen LogP contribution is 2.12. The molecule has 0 aliphatic rings. The van der Waals surface area contributed by atoms with Gasteiger partial charge in [0, 0.05) is 6.54 Å². The third kappa shape index (κ3) is 5.22. The van der Waals surface area contributed by atoms with Crippen molar-refractivity contribution >= 4 is 10.0 Å². The molecular weight excluding hydrogens is 305 g/mol. The minimum absolute atomic E-state index is 0.0485. The Hall–Kier alpha value is -1.76. The molecule has 0 amide bonds. The first-order valence-electron chi connectivity index (χ1n) is 6.91. The number of benzene rings is 2. The van der Waals surface area contributed by atoms with Crippen LogP contribution in [-0.2, 0) is 16.4 Å². The molecule has 1 unspecified atom stereocenters. The van der Waals surface area contributed by atoms with Gasteiger partial charge in [0.05, 0.1) is 11.9 Å². The summed E-state index contributed by atoms with van der Waals surface area (Å²) in [6, 6.07) is 14.6. The maximum atomic E-state index is 12.8. The Morgan fingerprint density at radius 1 is 1.05 bits per heavy atom. The van der Waals surface area contributed by atoms with Crippen molar-refractivity contribution in [3.05, 3.63) is 71.5 Å². The molecule has 0 saturated heterocycles. The van der Waals surface area contributed by atoms with Crippen LogP contribution in [0.15, 0.2) is 54.6 Å². The van der Waals surface area contributed by atoms with Crippen LogP contribution in [0, 0.1) is 5.82 Å². The Kier molecular flexibility index (Phi) is 5.65. The summed E-state index contributed by atoms with van der Waals surface area (Å²) < 4.78 is 39.0. The lowest BCUT2D eigenvalue weighted by atomic mass is 10.1.